The maximum Gasteiger partial charge on any atom is 0.312 e. The van der Waals surface area contributed by atoms with Crippen LogP contribution in [0.25, 0.3) is 0 Å². The zero-order valence-corrected chi connectivity index (χ0v) is 10.2. The second-order valence-corrected chi connectivity index (χ2v) is 4.51. The summed E-state index contributed by atoms with van der Waals surface area (Å²) in [5.41, 5.74) is -0.836. The fourth-order valence-electron chi connectivity index (χ4n) is 0.751. The Bertz CT molecular complexity index is 244. The minimum atomic E-state index is -0.917. The highest BCUT2D eigenvalue weighted by Gasteiger charge is 2.35. The second kappa shape index (κ2) is 5.33. The van der Waals surface area contributed by atoms with Crippen LogP contribution < -0.4 is 5.32 Å². The van der Waals surface area contributed by atoms with E-state index in [9.17, 15) is 5.11 Å². The van der Waals surface area contributed by atoms with Crippen molar-refractivity contribution >= 4 is 13.7 Å². The summed E-state index contributed by atoms with van der Waals surface area (Å²) in [4.78, 5) is 0. The van der Waals surface area contributed by atoms with Crippen molar-refractivity contribution < 1.29 is 9.76 Å². The Morgan fingerprint density at radius 3 is 2.27 bits per heavy atom. The van der Waals surface area contributed by atoms with Crippen LogP contribution in [0.5, 0.6) is 0 Å². The quantitative estimate of drug-likeness (QED) is 0.446. The van der Waals surface area contributed by atoms with E-state index in [1.54, 1.807) is 27.1 Å². The van der Waals surface area contributed by atoms with Crippen molar-refractivity contribution in [2.45, 2.75) is 38.9 Å². The van der Waals surface area contributed by atoms with Gasteiger partial charge in [0.25, 0.3) is 0 Å². The Labute approximate surface area is 92.5 Å². The normalized spacial score (nSPS) is 13.6. The predicted molar refractivity (Wildman–Crippen MR) is 64.5 cm³/mol. The van der Waals surface area contributed by atoms with Crippen LogP contribution in [0.4, 0.5) is 0 Å². The molecule has 0 saturated carbocycles. The van der Waals surface area contributed by atoms with Crippen molar-refractivity contribution in [3.8, 4) is 0 Å². The van der Waals surface area contributed by atoms with Gasteiger partial charge in [-0.2, -0.15) is 0 Å². The highest BCUT2D eigenvalue weighted by atomic mass is 16.5. The Kier molecular flexibility index (Phi) is 5.04. The van der Waals surface area contributed by atoms with Crippen molar-refractivity contribution in [3.63, 3.8) is 0 Å². The van der Waals surface area contributed by atoms with Gasteiger partial charge >= 0.3 is 7.48 Å². The molecule has 0 aliphatic carbocycles. The molecule has 0 amide bonds. The number of rotatable bonds is 6. The molecule has 0 bridgehead atoms. The fourth-order valence-corrected chi connectivity index (χ4v) is 0.751. The molecule has 0 heterocycles. The smallest absolute Gasteiger partial charge is 0.312 e. The first-order valence-corrected chi connectivity index (χ1v) is 4.97. The molecule has 0 aromatic carbocycles. The predicted octanol–water partition coefficient (Wildman–Crippen LogP) is 0.614. The van der Waals surface area contributed by atoms with Gasteiger partial charge in [0.2, 0.25) is 0 Å². The lowest BCUT2D eigenvalue weighted by Crippen LogP contribution is -2.48. The van der Waals surface area contributed by atoms with E-state index in [2.05, 4.69) is 5.32 Å². The first-order chi connectivity index (χ1) is 6.74. The van der Waals surface area contributed by atoms with E-state index in [4.69, 9.17) is 10.1 Å². The van der Waals surface area contributed by atoms with Gasteiger partial charge in [0.1, 0.15) is 0 Å². The van der Waals surface area contributed by atoms with Crippen LogP contribution in [0.2, 0.25) is 0 Å². The maximum atomic E-state index is 9.84. The molecular formula is C10H21BN2O2. The van der Waals surface area contributed by atoms with E-state index >= 15 is 0 Å². The van der Waals surface area contributed by atoms with Crippen LogP contribution in [0, 0.1) is 5.41 Å². The van der Waals surface area contributed by atoms with Gasteiger partial charge < -0.3 is 20.5 Å². The number of nitrogens with one attached hydrogen (secondary N) is 2. The van der Waals surface area contributed by atoms with Crippen molar-refractivity contribution in [3.05, 3.63) is 11.7 Å². The van der Waals surface area contributed by atoms with Gasteiger partial charge in [-0.1, -0.05) is 0 Å². The van der Waals surface area contributed by atoms with E-state index in [0.29, 0.717) is 7.48 Å². The molecule has 4 nitrogen and oxygen atoms in total. The van der Waals surface area contributed by atoms with E-state index in [1.807, 2.05) is 13.8 Å². The Balaban J connectivity index is 4.38. The molecule has 3 N–H and O–H groups in total. The molecule has 0 aromatic rings. The van der Waals surface area contributed by atoms with Crippen molar-refractivity contribution in [2.75, 3.05) is 7.05 Å². The Hall–Kier alpha value is -0.805. The van der Waals surface area contributed by atoms with E-state index < -0.39 is 11.2 Å². The van der Waals surface area contributed by atoms with E-state index in [-0.39, 0.29) is 0 Å². The highest BCUT2D eigenvalue weighted by molar-refractivity contribution is 6.45. The summed E-state index contributed by atoms with van der Waals surface area (Å²) in [6, 6.07) is 0. The molecule has 0 spiro atoms. The van der Waals surface area contributed by atoms with Gasteiger partial charge in [0, 0.05) is 13.3 Å². The monoisotopic (exact) mass is 212 g/mol. The molecule has 0 aliphatic heterocycles. The molecule has 0 rings (SSSR count). The van der Waals surface area contributed by atoms with Crippen LogP contribution in [-0.4, -0.2) is 37.1 Å². The Morgan fingerprint density at radius 1 is 1.40 bits per heavy atom. The minimum absolute atomic E-state index is 0.307. The van der Waals surface area contributed by atoms with Crippen LogP contribution in [0.3, 0.4) is 0 Å². The minimum Gasteiger partial charge on any atom is -0.427 e. The number of hydrogen-bond acceptors (Lipinski definition) is 4. The average Bonchev–Trinajstić information content (AvgIpc) is 2.10. The van der Waals surface area contributed by atoms with Gasteiger partial charge in [-0.15, -0.1) is 0 Å². The molecule has 5 heteroatoms. The SMILES string of the molecule is CN/C=C(/BOC(C)(C)C(C)(C)O)C=N. The van der Waals surface area contributed by atoms with Crippen LogP contribution in [0.15, 0.2) is 11.7 Å². The first kappa shape index (κ1) is 14.2. The van der Waals surface area contributed by atoms with Gasteiger partial charge in [0.15, 0.2) is 0 Å². The third-order valence-electron chi connectivity index (χ3n) is 2.59. The van der Waals surface area contributed by atoms with Crippen molar-refractivity contribution in [2.24, 2.45) is 0 Å². The summed E-state index contributed by atoms with van der Waals surface area (Å²) in [6.45, 7) is 7.07. The summed E-state index contributed by atoms with van der Waals surface area (Å²) in [5, 5.41) is 19.8. The van der Waals surface area contributed by atoms with Gasteiger partial charge in [-0.05, 0) is 39.4 Å². The standard InChI is InChI=1S/C10H21BN2O2/c1-9(2,14)10(3,4)15-11-8(6-12)7-13-5/h6-7,11-14H,1-5H3/b8-7+,12-6?. The van der Waals surface area contributed by atoms with Gasteiger partial charge in [-0.3, -0.25) is 0 Å². The molecule has 0 unspecified atom stereocenters. The lowest BCUT2D eigenvalue weighted by molar-refractivity contribution is -0.0895. The van der Waals surface area contributed by atoms with Crippen LogP contribution in [0.1, 0.15) is 27.7 Å². The van der Waals surface area contributed by atoms with Crippen LogP contribution >= 0.6 is 0 Å². The maximum absolute atomic E-state index is 9.84. The molecule has 86 valence electrons. The number of allylic oxidation sites excluding steroid dienone is 1. The molecule has 0 saturated heterocycles. The zero-order chi connectivity index (χ0) is 12.1. The summed E-state index contributed by atoms with van der Waals surface area (Å²) in [7, 11) is 2.08. The summed E-state index contributed by atoms with van der Waals surface area (Å²) in [5.74, 6) is 0. The average molecular weight is 212 g/mol. The zero-order valence-electron chi connectivity index (χ0n) is 10.2. The summed E-state index contributed by atoms with van der Waals surface area (Å²) in [6.07, 6.45) is 2.93. The molecule has 0 atom stereocenters. The van der Waals surface area contributed by atoms with Crippen molar-refractivity contribution in [1.29, 1.82) is 5.41 Å². The topological polar surface area (TPSA) is 65.3 Å². The molecule has 0 fully saturated rings. The third kappa shape index (κ3) is 4.49. The largest absolute Gasteiger partial charge is 0.427 e. The van der Waals surface area contributed by atoms with Gasteiger partial charge in [-0.25, -0.2) is 0 Å². The first-order valence-electron chi connectivity index (χ1n) is 4.97. The fraction of sp³-hybridized carbons (Fsp3) is 0.700. The molecular weight excluding hydrogens is 191 g/mol. The summed E-state index contributed by atoms with van der Waals surface area (Å²) >= 11 is 0. The third-order valence-corrected chi connectivity index (χ3v) is 2.59. The molecule has 0 radical (unpaired) electrons. The van der Waals surface area contributed by atoms with Crippen molar-refractivity contribution in [1.82, 2.24) is 5.32 Å². The highest BCUT2D eigenvalue weighted by Crippen LogP contribution is 2.24. The number of hydrogen-bond donors (Lipinski definition) is 3. The summed E-state index contributed by atoms with van der Waals surface area (Å²) < 4.78 is 5.59. The molecule has 0 aromatic heterocycles. The second-order valence-electron chi connectivity index (χ2n) is 4.51. The lowest BCUT2D eigenvalue weighted by atomic mass is 9.83. The molecule has 0 aliphatic rings. The van der Waals surface area contributed by atoms with Crippen LogP contribution in [-0.2, 0) is 4.65 Å². The lowest BCUT2D eigenvalue weighted by Gasteiger charge is -2.37. The van der Waals surface area contributed by atoms with E-state index in [0.717, 1.165) is 5.47 Å². The Morgan fingerprint density at radius 2 is 1.93 bits per heavy atom. The van der Waals surface area contributed by atoms with Gasteiger partial charge in [0.05, 0.1) is 11.2 Å². The number of aliphatic hydroxyl groups is 1. The van der Waals surface area contributed by atoms with E-state index in [1.165, 1.54) is 6.21 Å². The molecule has 15 heavy (non-hydrogen) atoms.